The normalized spacial score (nSPS) is 23.1. The lowest BCUT2D eigenvalue weighted by Crippen LogP contribution is -2.46. The lowest BCUT2D eigenvalue weighted by molar-refractivity contribution is -0.145. The molecule has 2 unspecified atom stereocenters. The summed E-state index contributed by atoms with van der Waals surface area (Å²) in [4.78, 5) is 10.9. The molecule has 0 aliphatic heterocycles. The monoisotopic (exact) mass is 237 g/mol. The summed E-state index contributed by atoms with van der Waals surface area (Å²) < 4.78 is 35.9. The zero-order valence-electron chi connectivity index (χ0n) is 8.63. The van der Waals surface area contributed by atoms with E-state index in [1.165, 1.54) is 0 Å². The summed E-state index contributed by atoms with van der Waals surface area (Å²) in [6, 6.07) is -1.12. The summed E-state index contributed by atoms with van der Waals surface area (Å²) in [7, 11) is 0. The zero-order chi connectivity index (χ0) is 12.2. The lowest BCUT2D eigenvalue weighted by atomic mass is 9.87. The molecule has 0 spiro atoms. The molecule has 6 heteroatoms. The number of aliphatic carboxylic acids is 1. The van der Waals surface area contributed by atoms with Crippen molar-refractivity contribution in [2.24, 2.45) is 5.92 Å². The predicted octanol–water partition coefficient (Wildman–Crippen LogP) is 1.95. The van der Waals surface area contributed by atoms with Crippen molar-refractivity contribution in [3.05, 3.63) is 12.2 Å². The Bertz CT molecular complexity index is 276. The van der Waals surface area contributed by atoms with E-state index in [2.05, 4.69) is 5.32 Å². The first-order valence-electron chi connectivity index (χ1n) is 5.08. The van der Waals surface area contributed by atoms with Gasteiger partial charge in [0.1, 0.15) is 6.04 Å². The predicted molar refractivity (Wildman–Crippen MR) is 52.0 cm³/mol. The molecule has 0 aromatic carbocycles. The van der Waals surface area contributed by atoms with Gasteiger partial charge in [-0.2, -0.15) is 13.2 Å². The van der Waals surface area contributed by atoms with Crippen LogP contribution in [0.1, 0.15) is 19.3 Å². The number of alkyl halides is 3. The highest BCUT2D eigenvalue weighted by atomic mass is 19.4. The van der Waals surface area contributed by atoms with Gasteiger partial charge in [0.15, 0.2) is 0 Å². The fourth-order valence-corrected chi connectivity index (χ4v) is 1.80. The molecule has 0 aromatic heterocycles. The molecule has 0 bridgehead atoms. The Morgan fingerprint density at radius 3 is 2.62 bits per heavy atom. The third-order valence-corrected chi connectivity index (χ3v) is 2.57. The Morgan fingerprint density at radius 1 is 1.50 bits per heavy atom. The maximum atomic E-state index is 12.0. The molecule has 0 saturated heterocycles. The van der Waals surface area contributed by atoms with Crippen LogP contribution < -0.4 is 5.32 Å². The van der Waals surface area contributed by atoms with Crippen LogP contribution in [0.2, 0.25) is 0 Å². The number of nitrogens with one attached hydrogen (secondary N) is 1. The number of hydrogen-bond acceptors (Lipinski definition) is 2. The van der Waals surface area contributed by atoms with Crippen molar-refractivity contribution in [3.63, 3.8) is 0 Å². The molecule has 0 amide bonds. The van der Waals surface area contributed by atoms with Gasteiger partial charge in [-0.3, -0.25) is 10.1 Å². The van der Waals surface area contributed by atoms with Crippen LogP contribution >= 0.6 is 0 Å². The van der Waals surface area contributed by atoms with Crippen LogP contribution in [0, 0.1) is 5.92 Å². The average molecular weight is 237 g/mol. The van der Waals surface area contributed by atoms with Crippen molar-refractivity contribution >= 4 is 5.97 Å². The van der Waals surface area contributed by atoms with Crippen molar-refractivity contribution in [1.82, 2.24) is 5.32 Å². The maximum absolute atomic E-state index is 12.0. The fraction of sp³-hybridized carbons (Fsp3) is 0.700. The quantitative estimate of drug-likeness (QED) is 0.735. The van der Waals surface area contributed by atoms with E-state index in [4.69, 9.17) is 5.11 Å². The van der Waals surface area contributed by atoms with E-state index < -0.39 is 24.7 Å². The minimum Gasteiger partial charge on any atom is -0.480 e. The molecule has 0 heterocycles. The smallest absolute Gasteiger partial charge is 0.401 e. The first kappa shape index (κ1) is 13.0. The van der Waals surface area contributed by atoms with Crippen molar-refractivity contribution in [2.75, 3.05) is 6.54 Å². The third-order valence-electron chi connectivity index (χ3n) is 2.57. The minimum atomic E-state index is -4.38. The molecular formula is C10H14F3NO2. The molecule has 1 aliphatic rings. The first-order valence-corrected chi connectivity index (χ1v) is 5.08. The highest BCUT2D eigenvalue weighted by Crippen LogP contribution is 2.23. The molecule has 0 saturated carbocycles. The Labute approximate surface area is 91.3 Å². The van der Waals surface area contributed by atoms with Crippen LogP contribution in [-0.2, 0) is 4.79 Å². The number of carboxylic acid groups (broad SMARTS) is 1. The molecule has 0 aromatic rings. The summed E-state index contributed by atoms with van der Waals surface area (Å²) in [6.07, 6.45) is 1.21. The molecule has 2 N–H and O–H groups in total. The number of allylic oxidation sites excluding steroid dienone is 2. The van der Waals surface area contributed by atoms with E-state index in [1.807, 2.05) is 12.2 Å². The van der Waals surface area contributed by atoms with Gasteiger partial charge in [-0.1, -0.05) is 12.2 Å². The molecule has 0 fully saturated rings. The van der Waals surface area contributed by atoms with Gasteiger partial charge in [-0.15, -0.1) is 0 Å². The molecule has 16 heavy (non-hydrogen) atoms. The van der Waals surface area contributed by atoms with E-state index in [0.717, 1.165) is 6.42 Å². The van der Waals surface area contributed by atoms with Crippen molar-refractivity contribution in [1.29, 1.82) is 0 Å². The van der Waals surface area contributed by atoms with E-state index in [1.54, 1.807) is 0 Å². The summed E-state index contributed by atoms with van der Waals surface area (Å²) in [5.74, 6) is -1.48. The van der Waals surface area contributed by atoms with E-state index >= 15 is 0 Å². The highest BCUT2D eigenvalue weighted by Gasteiger charge is 2.33. The van der Waals surface area contributed by atoms with E-state index in [9.17, 15) is 18.0 Å². The van der Waals surface area contributed by atoms with Crippen LogP contribution in [0.4, 0.5) is 13.2 Å². The van der Waals surface area contributed by atoms with E-state index in [0.29, 0.717) is 12.8 Å². The SMILES string of the molecule is O=C(O)C(NCC(F)(F)F)C1CC=CCC1. The average Bonchev–Trinajstić information content (AvgIpc) is 2.17. The second-order valence-electron chi connectivity index (χ2n) is 3.86. The molecule has 1 aliphatic carbocycles. The summed E-state index contributed by atoms with van der Waals surface area (Å²) in [6.45, 7) is -1.26. The topological polar surface area (TPSA) is 49.3 Å². The third kappa shape index (κ3) is 4.22. The molecule has 2 atom stereocenters. The largest absolute Gasteiger partial charge is 0.480 e. The number of rotatable bonds is 4. The minimum absolute atomic E-state index is 0.259. The number of carboxylic acids is 1. The Kier molecular flexibility index (Phi) is 4.35. The van der Waals surface area contributed by atoms with Crippen LogP contribution in [0.3, 0.4) is 0 Å². The highest BCUT2D eigenvalue weighted by molar-refractivity contribution is 5.74. The van der Waals surface area contributed by atoms with E-state index in [-0.39, 0.29) is 5.92 Å². The second-order valence-corrected chi connectivity index (χ2v) is 3.86. The summed E-state index contributed by atoms with van der Waals surface area (Å²) in [5, 5.41) is 10.9. The van der Waals surface area contributed by atoms with Crippen LogP contribution in [0.5, 0.6) is 0 Å². The molecule has 1 rings (SSSR count). The van der Waals surface area contributed by atoms with Gasteiger partial charge in [0.25, 0.3) is 0 Å². The molecule has 0 radical (unpaired) electrons. The van der Waals surface area contributed by atoms with Gasteiger partial charge in [-0.05, 0) is 25.2 Å². The van der Waals surface area contributed by atoms with Crippen molar-refractivity contribution in [2.45, 2.75) is 31.5 Å². The van der Waals surface area contributed by atoms with Gasteiger partial charge in [-0.25, -0.2) is 0 Å². The lowest BCUT2D eigenvalue weighted by Gasteiger charge is -2.26. The van der Waals surface area contributed by atoms with Crippen molar-refractivity contribution < 1.29 is 23.1 Å². The van der Waals surface area contributed by atoms with Gasteiger partial charge in [0, 0.05) is 0 Å². The van der Waals surface area contributed by atoms with Crippen LogP contribution in [0.15, 0.2) is 12.2 Å². The van der Waals surface area contributed by atoms with Gasteiger partial charge < -0.3 is 5.11 Å². The number of hydrogen-bond donors (Lipinski definition) is 2. The molecule has 3 nitrogen and oxygen atoms in total. The Morgan fingerprint density at radius 2 is 2.19 bits per heavy atom. The number of carbonyl (C=O) groups is 1. The molecule has 92 valence electrons. The van der Waals surface area contributed by atoms with Crippen LogP contribution in [0.25, 0.3) is 0 Å². The van der Waals surface area contributed by atoms with Gasteiger partial charge in [0.2, 0.25) is 0 Å². The summed E-state index contributed by atoms with van der Waals surface area (Å²) in [5.41, 5.74) is 0. The Hall–Kier alpha value is -1.04. The maximum Gasteiger partial charge on any atom is 0.401 e. The number of halogens is 3. The van der Waals surface area contributed by atoms with Crippen molar-refractivity contribution in [3.8, 4) is 0 Å². The fourth-order valence-electron chi connectivity index (χ4n) is 1.80. The Balaban J connectivity index is 2.54. The standard InChI is InChI=1S/C10H14F3NO2/c11-10(12,13)6-14-8(9(15)16)7-4-2-1-3-5-7/h1-2,7-8,14H,3-6H2,(H,15,16). The second kappa shape index (κ2) is 5.34. The van der Waals surface area contributed by atoms with Crippen LogP contribution in [-0.4, -0.2) is 29.8 Å². The zero-order valence-corrected chi connectivity index (χ0v) is 8.63. The van der Waals surface area contributed by atoms with Gasteiger partial charge in [0.05, 0.1) is 6.54 Å². The first-order chi connectivity index (χ1) is 7.40. The van der Waals surface area contributed by atoms with Gasteiger partial charge >= 0.3 is 12.1 Å². The summed E-state index contributed by atoms with van der Waals surface area (Å²) >= 11 is 0. The molecular weight excluding hydrogens is 223 g/mol.